The maximum Gasteiger partial charge on any atom is 0.164 e. The molecule has 1 aliphatic heterocycles. The van der Waals surface area contributed by atoms with E-state index in [1.54, 1.807) is 23.1 Å². The van der Waals surface area contributed by atoms with Crippen LogP contribution in [0.3, 0.4) is 0 Å². The molecule has 1 N–H and O–H groups in total. The van der Waals surface area contributed by atoms with Crippen molar-refractivity contribution in [1.82, 2.24) is 29.8 Å². The van der Waals surface area contributed by atoms with Gasteiger partial charge in [0, 0.05) is 53.8 Å². The van der Waals surface area contributed by atoms with Crippen molar-refractivity contribution in [3.05, 3.63) is 48.1 Å². The van der Waals surface area contributed by atoms with E-state index in [-0.39, 0.29) is 12.1 Å². The van der Waals surface area contributed by atoms with Crippen molar-refractivity contribution in [3.63, 3.8) is 0 Å². The maximum atomic E-state index is 9.13. The zero-order valence-electron chi connectivity index (χ0n) is 19.4. The Bertz CT molecular complexity index is 1350. The van der Waals surface area contributed by atoms with Gasteiger partial charge < -0.3 is 14.6 Å². The van der Waals surface area contributed by atoms with Crippen LogP contribution in [0.15, 0.2) is 41.3 Å². The minimum atomic E-state index is 0.0496. The Morgan fingerprint density at radius 1 is 1.21 bits per heavy atom. The Morgan fingerprint density at radius 2 is 2.09 bits per heavy atom. The zero-order valence-corrected chi connectivity index (χ0v) is 19.4. The van der Waals surface area contributed by atoms with Crippen molar-refractivity contribution in [3.8, 4) is 23.1 Å². The van der Waals surface area contributed by atoms with Crippen LogP contribution in [0.5, 0.6) is 0 Å². The summed E-state index contributed by atoms with van der Waals surface area (Å²) < 4.78 is 13.1. The molecule has 1 atom stereocenters. The average Bonchev–Trinajstić information content (AvgIpc) is 3.50. The number of ether oxygens (including phenoxy) is 1. The summed E-state index contributed by atoms with van der Waals surface area (Å²) in [4.78, 5) is 11.4. The molecule has 0 unspecified atom stereocenters. The number of morpholine rings is 1. The lowest BCUT2D eigenvalue weighted by Crippen LogP contribution is -2.39. The molecular weight excluding hydrogens is 432 g/mol. The number of hydrogen-bond donors (Lipinski definition) is 1. The molecule has 5 heterocycles. The third-order valence-corrected chi connectivity index (χ3v) is 5.87. The van der Waals surface area contributed by atoms with Crippen LogP contribution < -0.4 is 5.32 Å². The van der Waals surface area contributed by atoms with Gasteiger partial charge in [0.05, 0.1) is 31.0 Å². The quantitative estimate of drug-likeness (QED) is 0.463. The number of aromatic nitrogens is 5. The highest BCUT2D eigenvalue weighted by Gasteiger charge is 2.27. The summed E-state index contributed by atoms with van der Waals surface area (Å²) in [6, 6.07) is 8.00. The molecule has 0 aliphatic carbocycles. The van der Waals surface area contributed by atoms with Crippen molar-refractivity contribution in [1.29, 1.82) is 5.26 Å². The van der Waals surface area contributed by atoms with Crippen molar-refractivity contribution in [2.24, 2.45) is 0 Å². The van der Waals surface area contributed by atoms with Crippen molar-refractivity contribution < 1.29 is 9.26 Å². The van der Waals surface area contributed by atoms with Crippen LogP contribution in [0.25, 0.3) is 28.1 Å². The third kappa shape index (κ3) is 4.11. The highest BCUT2D eigenvalue weighted by atomic mass is 16.5. The standard InChI is InChI=1S/C24H26N8O2/c1-4-31-5-6-33-14-21(31)22-8-20(30-34-22)18-13-26-23(9-19(18)29-15(2)3)32-24-17(12-28-32)7-16(10-25)11-27-24/h7-9,11-13,15,21H,4-6,14H2,1-3H3,(H,26,29)/t21-/m1/s1. The van der Waals surface area contributed by atoms with Gasteiger partial charge in [-0.15, -0.1) is 0 Å². The molecule has 4 aromatic heterocycles. The Hall–Kier alpha value is -3.81. The normalized spacial score (nSPS) is 16.7. The molecule has 10 nitrogen and oxygen atoms in total. The van der Waals surface area contributed by atoms with Crippen LogP contribution >= 0.6 is 0 Å². The first kappa shape index (κ1) is 22.0. The molecule has 1 saturated heterocycles. The SMILES string of the molecule is CCN1CCOC[C@@H]1c1cc(-c2cnc(-n3ncc4cc(C#N)cnc43)cc2NC(C)C)no1. The van der Waals surface area contributed by atoms with E-state index < -0.39 is 0 Å². The topological polar surface area (TPSA) is 118 Å². The number of nitrogens with one attached hydrogen (secondary N) is 1. The van der Waals surface area contributed by atoms with Crippen LogP contribution in [0.2, 0.25) is 0 Å². The second-order valence-corrected chi connectivity index (χ2v) is 8.53. The molecule has 0 radical (unpaired) electrons. The highest BCUT2D eigenvalue weighted by Crippen LogP contribution is 2.33. The van der Waals surface area contributed by atoms with E-state index in [2.05, 4.69) is 57.3 Å². The fraction of sp³-hybridized carbons (Fsp3) is 0.375. The Morgan fingerprint density at radius 3 is 2.88 bits per heavy atom. The largest absolute Gasteiger partial charge is 0.382 e. The van der Waals surface area contributed by atoms with Crippen LogP contribution in [0.1, 0.15) is 38.1 Å². The zero-order chi connectivity index (χ0) is 23.7. The van der Waals surface area contributed by atoms with Gasteiger partial charge in [-0.3, -0.25) is 4.90 Å². The van der Waals surface area contributed by atoms with Gasteiger partial charge in [-0.2, -0.15) is 15.0 Å². The van der Waals surface area contributed by atoms with Gasteiger partial charge in [-0.1, -0.05) is 12.1 Å². The molecule has 4 aromatic rings. The first-order chi connectivity index (χ1) is 16.6. The Labute approximate surface area is 197 Å². The molecular formula is C24H26N8O2. The number of pyridine rings is 2. The molecule has 0 saturated carbocycles. The first-order valence-corrected chi connectivity index (χ1v) is 11.4. The number of likely N-dealkylation sites (N-methyl/N-ethyl adjacent to an activating group) is 1. The molecule has 0 aromatic carbocycles. The molecule has 0 bridgehead atoms. The van der Waals surface area contributed by atoms with Crippen molar-refractivity contribution in [2.75, 3.05) is 31.6 Å². The number of hydrogen-bond acceptors (Lipinski definition) is 9. The number of nitriles is 1. The van der Waals surface area contributed by atoms with E-state index in [4.69, 9.17) is 14.5 Å². The molecule has 0 amide bonds. The van der Waals surface area contributed by atoms with Gasteiger partial charge in [0.25, 0.3) is 0 Å². The van der Waals surface area contributed by atoms with Gasteiger partial charge >= 0.3 is 0 Å². The summed E-state index contributed by atoms with van der Waals surface area (Å²) in [5.74, 6) is 1.40. The summed E-state index contributed by atoms with van der Waals surface area (Å²) in [5, 5.41) is 22.2. The van der Waals surface area contributed by atoms with Gasteiger partial charge in [-0.05, 0) is 26.5 Å². The predicted molar refractivity (Wildman–Crippen MR) is 126 cm³/mol. The Kier molecular flexibility index (Phi) is 5.96. The van der Waals surface area contributed by atoms with Crippen molar-refractivity contribution >= 4 is 16.7 Å². The smallest absolute Gasteiger partial charge is 0.164 e. The second-order valence-electron chi connectivity index (χ2n) is 8.53. The summed E-state index contributed by atoms with van der Waals surface area (Å²) in [7, 11) is 0. The monoisotopic (exact) mass is 458 g/mol. The molecule has 5 rings (SSSR count). The average molecular weight is 459 g/mol. The van der Waals surface area contributed by atoms with Gasteiger partial charge in [0.15, 0.2) is 17.2 Å². The fourth-order valence-electron chi connectivity index (χ4n) is 4.20. The lowest BCUT2D eigenvalue weighted by atomic mass is 10.1. The summed E-state index contributed by atoms with van der Waals surface area (Å²) in [6.07, 6.45) is 4.99. The van der Waals surface area contributed by atoms with E-state index in [1.165, 1.54) is 6.20 Å². The van der Waals surface area contributed by atoms with E-state index >= 15 is 0 Å². The van der Waals surface area contributed by atoms with E-state index in [0.717, 1.165) is 42.1 Å². The maximum absolute atomic E-state index is 9.13. The number of fused-ring (bicyclic) bond motifs is 1. The minimum absolute atomic E-state index is 0.0496. The molecule has 1 fully saturated rings. The highest BCUT2D eigenvalue weighted by molar-refractivity contribution is 5.79. The lowest BCUT2D eigenvalue weighted by molar-refractivity contribution is -0.0153. The van der Waals surface area contributed by atoms with Gasteiger partial charge in [0.2, 0.25) is 0 Å². The molecule has 10 heteroatoms. The third-order valence-electron chi connectivity index (χ3n) is 5.87. The molecule has 34 heavy (non-hydrogen) atoms. The number of nitrogens with zero attached hydrogens (tertiary/aromatic N) is 7. The lowest BCUT2D eigenvalue weighted by Gasteiger charge is -2.32. The fourth-order valence-corrected chi connectivity index (χ4v) is 4.20. The summed E-state index contributed by atoms with van der Waals surface area (Å²) in [6.45, 7) is 9.39. The van der Waals surface area contributed by atoms with Crippen LogP contribution in [0.4, 0.5) is 5.69 Å². The minimum Gasteiger partial charge on any atom is -0.382 e. The number of rotatable bonds is 6. The van der Waals surface area contributed by atoms with E-state index in [0.29, 0.717) is 29.3 Å². The number of anilines is 1. The van der Waals surface area contributed by atoms with Gasteiger partial charge in [-0.25, -0.2) is 9.97 Å². The van der Waals surface area contributed by atoms with Crippen LogP contribution in [-0.2, 0) is 4.74 Å². The molecule has 0 spiro atoms. The molecule has 1 aliphatic rings. The van der Waals surface area contributed by atoms with E-state index in [9.17, 15) is 0 Å². The summed E-state index contributed by atoms with van der Waals surface area (Å²) in [5.41, 5.74) is 3.54. The van der Waals surface area contributed by atoms with Crippen LogP contribution in [0, 0.1) is 11.3 Å². The predicted octanol–water partition coefficient (Wildman–Crippen LogP) is 3.56. The first-order valence-electron chi connectivity index (χ1n) is 11.4. The van der Waals surface area contributed by atoms with E-state index in [1.807, 2.05) is 12.1 Å². The summed E-state index contributed by atoms with van der Waals surface area (Å²) >= 11 is 0. The van der Waals surface area contributed by atoms with Crippen molar-refractivity contribution in [2.45, 2.75) is 32.9 Å². The van der Waals surface area contributed by atoms with Crippen LogP contribution in [-0.4, -0.2) is 62.2 Å². The van der Waals surface area contributed by atoms with Gasteiger partial charge in [0.1, 0.15) is 11.8 Å². The molecule has 174 valence electrons. The Balaban J connectivity index is 1.52. The second kappa shape index (κ2) is 9.21.